The van der Waals surface area contributed by atoms with Crippen molar-refractivity contribution in [3.05, 3.63) is 18.7 Å². The topological polar surface area (TPSA) is 64.5 Å². The van der Waals surface area contributed by atoms with Gasteiger partial charge in [-0.05, 0) is 5.21 Å². The Morgan fingerprint density at radius 3 is 3.10 bits per heavy atom. The Labute approximate surface area is 56.1 Å². The molecule has 2 aromatic rings. The van der Waals surface area contributed by atoms with E-state index in [0.717, 1.165) is 5.39 Å². The molecule has 0 aliphatic heterocycles. The van der Waals surface area contributed by atoms with E-state index in [1.807, 2.05) is 0 Å². The molecule has 0 atom stereocenters. The van der Waals surface area contributed by atoms with Crippen molar-refractivity contribution < 1.29 is 0 Å². The van der Waals surface area contributed by atoms with Gasteiger partial charge in [0.1, 0.15) is 6.33 Å². The highest BCUT2D eigenvalue weighted by atomic mass is 15.3. The summed E-state index contributed by atoms with van der Waals surface area (Å²) >= 11 is 0. The van der Waals surface area contributed by atoms with Crippen LogP contribution >= 0.6 is 0 Å². The molecule has 5 heteroatoms. The second-order valence-electron chi connectivity index (χ2n) is 1.74. The maximum atomic E-state index is 3.86. The van der Waals surface area contributed by atoms with Crippen molar-refractivity contribution in [1.29, 1.82) is 0 Å². The van der Waals surface area contributed by atoms with Crippen LogP contribution in [0.2, 0.25) is 0 Å². The lowest BCUT2D eigenvalue weighted by atomic mass is 10.4. The van der Waals surface area contributed by atoms with Crippen LogP contribution in [0.25, 0.3) is 11.0 Å². The molecule has 0 fully saturated rings. The molecule has 0 saturated heterocycles. The standard InChI is InChI=1S/C5H3N5/c1-4-2-8-10-9-5(4)7-3-6-1/h1-3H. The first kappa shape index (κ1) is 5.16. The van der Waals surface area contributed by atoms with E-state index in [0.29, 0.717) is 5.65 Å². The van der Waals surface area contributed by atoms with Crippen molar-refractivity contribution in [1.82, 2.24) is 25.4 Å². The van der Waals surface area contributed by atoms with Crippen LogP contribution in [0.1, 0.15) is 0 Å². The van der Waals surface area contributed by atoms with Crippen LogP contribution in [0.4, 0.5) is 0 Å². The molecule has 0 aliphatic carbocycles. The Hall–Kier alpha value is -1.65. The maximum Gasteiger partial charge on any atom is 0.188 e. The zero-order chi connectivity index (χ0) is 6.81. The largest absolute Gasteiger partial charge is 0.244 e. The molecular formula is C5H3N5. The lowest BCUT2D eigenvalue weighted by Gasteiger charge is -1.87. The van der Waals surface area contributed by atoms with Crippen LogP contribution in [-0.2, 0) is 0 Å². The first-order valence-electron chi connectivity index (χ1n) is 2.71. The third kappa shape index (κ3) is 0.680. The summed E-state index contributed by atoms with van der Waals surface area (Å²) in [6.07, 6.45) is 4.64. The minimum absolute atomic E-state index is 0.574. The smallest absolute Gasteiger partial charge is 0.188 e. The van der Waals surface area contributed by atoms with Crippen molar-refractivity contribution in [2.75, 3.05) is 0 Å². The lowest BCUT2D eigenvalue weighted by Crippen LogP contribution is -1.89. The molecule has 0 aromatic carbocycles. The summed E-state index contributed by atoms with van der Waals surface area (Å²) in [5, 5.41) is 11.5. The molecule has 0 radical (unpaired) electrons. The van der Waals surface area contributed by atoms with Gasteiger partial charge in [0.15, 0.2) is 5.65 Å². The van der Waals surface area contributed by atoms with Gasteiger partial charge in [0.05, 0.1) is 11.6 Å². The Morgan fingerprint density at radius 1 is 1.20 bits per heavy atom. The highest BCUT2D eigenvalue weighted by molar-refractivity contribution is 5.70. The molecule has 0 aliphatic rings. The van der Waals surface area contributed by atoms with Crippen LogP contribution in [0, 0.1) is 0 Å². The molecule has 0 spiro atoms. The number of rotatable bonds is 0. The first-order valence-corrected chi connectivity index (χ1v) is 2.71. The van der Waals surface area contributed by atoms with Crippen molar-refractivity contribution >= 4 is 11.0 Å². The molecule has 0 bridgehead atoms. The highest BCUT2D eigenvalue weighted by Crippen LogP contribution is 1.99. The second-order valence-corrected chi connectivity index (χ2v) is 1.74. The van der Waals surface area contributed by atoms with Gasteiger partial charge in [-0.25, -0.2) is 9.97 Å². The fourth-order valence-corrected chi connectivity index (χ4v) is 0.665. The van der Waals surface area contributed by atoms with E-state index in [1.54, 1.807) is 12.4 Å². The van der Waals surface area contributed by atoms with Gasteiger partial charge in [0.25, 0.3) is 0 Å². The van der Waals surface area contributed by atoms with E-state index in [2.05, 4.69) is 25.4 Å². The predicted octanol–water partition coefficient (Wildman–Crippen LogP) is -0.185. The van der Waals surface area contributed by atoms with E-state index < -0.39 is 0 Å². The Balaban J connectivity index is 2.89. The molecule has 0 N–H and O–H groups in total. The summed E-state index contributed by atoms with van der Waals surface area (Å²) in [6, 6.07) is 0. The summed E-state index contributed by atoms with van der Waals surface area (Å²) in [5.74, 6) is 0. The fraction of sp³-hybridized carbons (Fsp3) is 0. The van der Waals surface area contributed by atoms with E-state index >= 15 is 0 Å². The number of hydrogen-bond donors (Lipinski definition) is 0. The maximum absolute atomic E-state index is 3.86. The molecular weight excluding hydrogens is 130 g/mol. The van der Waals surface area contributed by atoms with Crippen molar-refractivity contribution in [3.63, 3.8) is 0 Å². The van der Waals surface area contributed by atoms with Gasteiger partial charge in [-0.15, -0.1) is 10.2 Å². The van der Waals surface area contributed by atoms with Gasteiger partial charge in [-0.1, -0.05) is 0 Å². The van der Waals surface area contributed by atoms with Crippen molar-refractivity contribution in [2.45, 2.75) is 0 Å². The third-order valence-corrected chi connectivity index (χ3v) is 1.11. The predicted molar refractivity (Wildman–Crippen MR) is 32.9 cm³/mol. The minimum Gasteiger partial charge on any atom is -0.244 e. The van der Waals surface area contributed by atoms with Gasteiger partial charge in [-0.2, -0.15) is 0 Å². The van der Waals surface area contributed by atoms with Gasteiger partial charge < -0.3 is 0 Å². The van der Waals surface area contributed by atoms with Crippen LogP contribution in [0.5, 0.6) is 0 Å². The van der Waals surface area contributed by atoms with E-state index in [9.17, 15) is 0 Å². The minimum atomic E-state index is 0.574. The molecule has 0 saturated carbocycles. The first-order chi connectivity index (χ1) is 4.97. The van der Waals surface area contributed by atoms with E-state index in [1.165, 1.54) is 6.33 Å². The molecule has 0 unspecified atom stereocenters. The van der Waals surface area contributed by atoms with E-state index in [4.69, 9.17) is 0 Å². The monoisotopic (exact) mass is 133 g/mol. The molecule has 2 heterocycles. The Kier molecular flexibility index (Phi) is 1.00. The quantitative estimate of drug-likeness (QED) is 0.498. The van der Waals surface area contributed by atoms with Crippen LogP contribution in [-0.4, -0.2) is 25.4 Å². The van der Waals surface area contributed by atoms with Gasteiger partial charge in [0.2, 0.25) is 0 Å². The molecule has 10 heavy (non-hydrogen) atoms. The normalized spacial score (nSPS) is 10.0. The van der Waals surface area contributed by atoms with Crippen molar-refractivity contribution in [2.24, 2.45) is 0 Å². The molecule has 5 nitrogen and oxygen atoms in total. The SMILES string of the molecule is c1ncc2cnnnc2n1. The van der Waals surface area contributed by atoms with E-state index in [-0.39, 0.29) is 0 Å². The molecule has 2 aromatic heterocycles. The number of hydrogen-bond acceptors (Lipinski definition) is 5. The molecule has 0 amide bonds. The summed E-state index contributed by atoms with van der Waals surface area (Å²) < 4.78 is 0. The summed E-state index contributed by atoms with van der Waals surface area (Å²) in [7, 11) is 0. The number of aromatic nitrogens is 5. The van der Waals surface area contributed by atoms with Gasteiger partial charge in [-0.3, -0.25) is 0 Å². The lowest BCUT2D eigenvalue weighted by molar-refractivity contribution is 0.882. The highest BCUT2D eigenvalue weighted by Gasteiger charge is 1.91. The summed E-state index contributed by atoms with van der Waals surface area (Å²) in [6.45, 7) is 0. The second kappa shape index (κ2) is 1.94. The molecule has 48 valence electrons. The Bertz CT molecular complexity index is 281. The third-order valence-electron chi connectivity index (χ3n) is 1.11. The van der Waals surface area contributed by atoms with Crippen LogP contribution in [0.3, 0.4) is 0 Å². The summed E-state index contributed by atoms with van der Waals surface area (Å²) in [5.41, 5.74) is 0.574. The zero-order valence-corrected chi connectivity index (χ0v) is 4.97. The number of nitrogens with zero attached hydrogens (tertiary/aromatic N) is 5. The van der Waals surface area contributed by atoms with Crippen LogP contribution in [0.15, 0.2) is 18.7 Å². The Morgan fingerprint density at radius 2 is 2.20 bits per heavy atom. The average molecular weight is 133 g/mol. The zero-order valence-electron chi connectivity index (χ0n) is 4.97. The van der Waals surface area contributed by atoms with Crippen molar-refractivity contribution in [3.8, 4) is 0 Å². The van der Waals surface area contributed by atoms with Gasteiger partial charge in [0, 0.05) is 6.20 Å². The summed E-state index contributed by atoms with van der Waals surface area (Å²) in [4.78, 5) is 7.65. The fourth-order valence-electron chi connectivity index (χ4n) is 0.665. The average Bonchev–Trinajstić information content (AvgIpc) is 2.05. The van der Waals surface area contributed by atoms with Crippen LogP contribution < -0.4 is 0 Å². The number of fused-ring (bicyclic) bond motifs is 1. The van der Waals surface area contributed by atoms with Gasteiger partial charge >= 0.3 is 0 Å². The molecule has 2 rings (SSSR count).